The largest absolute Gasteiger partial charge is 0.457 e. The molecule has 1 heterocycles. The number of nitrogens with zero attached hydrogens (tertiary/aromatic N) is 2. The fraction of sp³-hybridized carbons (Fsp3) is 0.0769. The van der Waals surface area contributed by atoms with E-state index in [4.69, 9.17) is 10.00 Å². The fourth-order valence-corrected chi connectivity index (χ4v) is 1.36. The number of rotatable bonds is 2. The molecule has 96 valence electrons. The van der Waals surface area contributed by atoms with Crippen LogP contribution in [0.15, 0.2) is 42.6 Å². The van der Waals surface area contributed by atoms with Gasteiger partial charge in [-0.1, -0.05) is 0 Å². The van der Waals surface area contributed by atoms with Crippen molar-refractivity contribution in [3.05, 3.63) is 53.9 Å². The van der Waals surface area contributed by atoms with Gasteiger partial charge in [0.25, 0.3) is 0 Å². The van der Waals surface area contributed by atoms with Crippen LogP contribution in [0.5, 0.6) is 11.5 Å². The van der Waals surface area contributed by atoms with E-state index in [2.05, 4.69) is 4.98 Å². The summed E-state index contributed by atoms with van der Waals surface area (Å²) in [7, 11) is 0. The lowest BCUT2D eigenvalue weighted by Gasteiger charge is -2.09. The molecule has 0 atom stereocenters. The number of alkyl halides is 3. The standard InChI is InChI=1S/C13H7F3N2O/c14-13(15,16)12-7-11(5-6-18-12)19-10-3-1-9(8-17)2-4-10/h1-7H. The van der Waals surface area contributed by atoms with Crippen LogP contribution in [0.4, 0.5) is 13.2 Å². The molecule has 0 fully saturated rings. The molecule has 0 radical (unpaired) electrons. The van der Waals surface area contributed by atoms with E-state index in [-0.39, 0.29) is 5.75 Å². The van der Waals surface area contributed by atoms with Crippen molar-refractivity contribution >= 4 is 0 Å². The molecule has 0 amide bonds. The van der Waals surface area contributed by atoms with Gasteiger partial charge in [0.1, 0.15) is 17.2 Å². The number of aromatic nitrogens is 1. The van der Waals surface area contributed by atoms with Crippen LogP contribution in [0.1, 0.15) is 11.3 Å². The van der Waals surface area contributed by atoms with E-state index in [9.17, 15) is 13.2 Å². The number of halogens is 3. The highest BCUT2D eigenvalue weighted by atomic mass is 19.4. The van der Waals surface area contributed by atoms with E-state index in [0.717, 1.165) is 12.3 Å². The van der Waals surface area contributed by atoms with Crippen LogP contribution in [0.2, 0.25) is 0 Å². The Kier molecular flexibility index (Phi) is 3.38. The summed E-state index contributed by atoms with van der Waals surface area (Å²) >= 11 is 0. The van der Waals surface area contributed by atoms with Crippen molar-refractivity contribution in [1.82, 2.24) is 4.98 Å². The summed E-state index contributed by atoms with van der Waals surface area (Å²) in [5, 5.41) is 8.62. The molecule has 0 saturated heterocycles. The molecule has 6 heteroatoms. The summed E-state index contributed by atoms with van der Waals surface area (Å²) in [5.74, 6) is 0.380. The first kappa shape index (κ1) is 12.9. The van der Waals surface area contributed by atoms with Crippen LogP contribution >= 0.6 is 0 Å². The van der Waals surface area contributed by atoms with Gasteiger partial charge in [0.05, 0.1) is 11.6 Å². The van der Waals surface area contributed by atoms with Crippen molar-refractivity contribution in [1.29, 1.82) is 5.26 Å². The Labute approximate surface area is 106 Å². The third-order valence-corrected chi connectivity index (χ3v) is 2.24. The number of hydrogen-bond acceptors (Lipinski definition) is 3. The first-order valence-electron chi connectivity index (χ1n) is 5.20. The van der Waals surface area contributed by atoms with E-state index >= 15 is 0 Å². The van der Waals surface area contributed by atoms with Gasteiger partial charge in [0, 0.05) is 12.3 Å². The summed E-state index contributed by atoms with van der Waals surface area (Å²) in [5.41, 5.74) is -0.572. The first-order chi connectivity index (χ1) is 8.99. The second-order valence-electron chi connectivity index (χ2n) is 3.61. The van der Waals surface area contributed by atoms with Gasteiger partial charge in [-0.15, -0.1) is 0 Å². The Morgan fingerprint density at radius 2 is 1.74 bits per heavy atom. The fourth-order valence-electron chi connectivity index (χ4n) is 1.36. The number of hydrogen-bond donors (Lipinski definition) is 0. The van der Waals surface area contributed by atoms with Gasteiger partial charge < -0.3 is 4.74 Å². The lowest BCUT2D eigenvalue weighted by molar-refractivity contribution is -0.141. The predicted molar refractivity (Wildman–Crippen MR) is 60.5 cm³/mol. The summed E-state index contributed by atoms with van der Waals surface area (Å²) in [6, 6.07) is 10.1. The molecular weight excluding hydrogens is 257 g/mol. The molecule has 0 aliphatic carbocycles. The molecule has 0 bridgehead atoms. The number of benzene rings is 1. The molecule has 0 aliphatic heterocycles. The van der Waals surface area contributed by atoms with Crippen LogP contribution in [-0.2, 0) is 6.18 Å². The quantitative estimate of drug-likeness (QED) is 0.829. The van der Waals surface area contributed by atoms with Crippen molar-refractivity contribution in [2.24, 2.45) is 0 Å². The number of pyridine rings is 1. The SMILES string of the molecule is N#Cc1ccc(Oc2ccnc(C(F)(F)F)c2)cc1. The maximum atomic E-state index is 12.5. The minimum Gasteiger partial charge on any atom is -0.457 e. The topological polar surface area (TPSA) is 45.9 Å². The van der Waals surface area contributed by atoms with Gasteiger partial charge >= 0.3 is 6.18 Å². The Hall–Kier alpha value is -2.55. The molecular formula is C13H7F3N2O. The van der Waals surface area contributed by atoms with Crippen LogP contribution in [0.25, 0.3) is 0 Å². The van der Waals surface area contributed by atoms with Crippen LogP contribution < -0.4 is 4.74 Å². The van der Waals surface area contributed by atoms with Crippen LogP contribution in [0, 0.1) is 11.3 Å². The van der Waals surface area contributed by atoms with Crippen molar-refractivity contribution in [3.63, 3.8) is 0 Å². The van der Waals surface area contributed by atoms with Crippen molar-refractivity contribution in [2.45, 2.75) is 6.18 Å². The first-order valence-corrected chi connectivity index (χ1v) is 5.20. The van der Waals surface area contributed by atoms with E-state index in [0.29, 0.717) is 11.3 Å². The zero-order valence-electron chi connectivity index (χ0n) is 9.48. The molecule has 0 saturated carbocycles. The molecule has 19 heavy (non-hydrogen) atoms. The van der Waals surface area contributed by atoms with Gasteiger partial charge in [0.2, 0.25) is 0 Å². The minimum atomic E-state index is -4.51. The van der Waals surface area contributed by atoms with Crippen molar-refractivity contribution < 1.29 is 17.9 Å². The second-order valence-corrected chi connectivity index (χ2v) is 3.61. The molecule has 0 spiro atoms. The monoisotopic (exact) mass is 264 g/mol. The van der Waals surface area contributed by atoms with Gasteiger partial charge in [-0.2, -0.15) is 18.4 Å². The Balaban J connectivity index is 2.21. The molecule has 0 aliphatic rings. The maximum Gasteiger partial charge on any atom is 0.433 e. The zero-order valence-corrected chi connectivity index (χ0v) is 9.48. The van der Waals surface area contributed by atoms with E-state index in [1.54, 1.807) is 0 Å². The van der Waals surface area contributed by atoms with Crippen LogP contribution in [-0.4, -0.2) is 4.98 Å². The van der Waals surface area contributed by atoms with Crippen molar-refractivity contribution in [3.8, 4) is 17.6 Å². The average molecular weight is 264 g/mol. The molecule has 0 unspecified atom stereocenters. The highest BCUT2D eigenvalue weighted by molar-refractivity contribution is 5.37. The summed E-state index contributed by atoms with van der Waals surface area (Å²) in [6.45, 7) is 0. The molecule has 3 nitrogen and oxygen atoms in total. The summed E-state index contributed by atoms with van der Waals surface area (Å²) in [6.07, 6.45) is -3.48. The summed E-state index contributed by atoms with van der Waals surface area (Å²) in [4.78, 5) is 3.23. The highest BCUT2D eigenvalue weighted by Crippen LogP contribution is 2.30. The smallest absolute Gasteiger partial charge is 0.433 e. The Bertz CT molecular complexity index is 615. The summed E-state index contributed by atoms with van der Waals surface area (Å²) < 4.78 is 42.6. The maximum absolute atomic E-state index is 12.5. The second kappa shape index (κ2) is 4.98. The van der Waals surface area contributed by atoms with Gasteiger partial charge in [-0.25, -0.2) is 0 Å². The molecule has 2 aromatic rings. The zero-order chi connectivity index (χ0) is 13.9. The molecule has 0 N–H and O–H groups in total. The lowest BCUT2D eigenvalue weighted by atomic mass is 10.2. The molecule has 1 aromatic carbocycles. The van der Waals surface area contributed by atoms with E-state index in [1.165, 1.54) is 30.3 Å². The average Bonchev–Trinajstić information content (AvgIpc) is 2.39. The third kappa shape index (κ3) is 3.22. The van der Waals surface area contributed by atoms with Crippen LogP contribution in [0.3, 0.4) is 0 Å². The molecule has 1 aromatic heterocycles. The number of nitriles is 1. The lowest BCUT2D eigenvalue weighted by Crippen LogP contribution is -2.07. The normalized spacial score (nSPS) is 10.8. The van der Waals surface area contributed by atoms with E-state index in [1.807, 2.05) is 6.07 Å². The predicted octanol–water partition coefficient (Wildman–Crippen LogP) is 3.76. The third-order valence-electron chi connectivity index (χ3n) is 2.24. The number of ether oxygens (including phenoxy) is 1. The Morgan fingerprint density at radius 3 is 2.32 bits per heavy atom. The Morgan fingerprint density at radius 1 is 1.05 bits per heavy atom. The van der Waals surface area contributed by atoms with Gasteiger partial charge in [0.15, 0.2) is 0 Å². The van der Waals surface area contributed by atoms with Gasteiger partial charge in [-0.05, 0) is 30.3 Å². The van der Waals surface area contributed by atoms with Gasteiger partial charge in [-0.3, -0.25) is 4.98 Å². The molecule has 2 rings (SSSR count). The minimum absolute atomic E-state index is 0.0343. The van der Waals surface area contributed by atoms with E-state index < -0.39 is 11.9 Å². The highest BCUT2D eigenvalue weighted by Gasteiger charge is 2.32. The van der Waals surface area contributed by atoms with Crippen molar-refractivity contribution in [2.75, 3.05) is 0 Å².